The Labute approximate surface area is 215 Å². The number of carbonyl (C=O) groups excluding carboxylic acids is 1. The molecule has 0 fully saturated rings. The van der Waals surface area contributed by atoms with E-state index >= 15 is 0 Å². The quantitative estimate of drug-likeness (QED) is 0.291. The largest absolute Gasteiger partial charge is 0.507 e. The third-order valence-electron chi connectivity index (χ3n) is 6.79. The van der Waals surface area contributed by atoms with Gasteiger partial charge in [0.05, 0.1) is 0 Å². The maximum Gasteiger partial charge on any atom is 0.507 e. The minimum atomic E-state index is -1.44. The number of hydrogen-bond donors (Lipinski definition) is 2. The number of carboxylic acid groups (broad SMARTS) is 1. The fourth-order valence-electron chi connectivity index (χ4n) is 5.32. The molecular weight excluding hydrogens is 470 g/mol. The Kier molecular flexibility index (Phi) is 6.35. The van der Waals surface area contributed by atoms with Crippen molar-refractivity contribution in [3.63, 3.8) is 0 Å². The maximum absolute atomic E-state index is 13.7. The van der Waals surface area contributed by atoms with Gasteiger partial charge < -0.3 is 24.1 Å². The molecule has 1 aliphatic rings. The van der Waals surface area contributed by atoms with Gasteiger partial charge >= 0.3 is 12.2 Å². The molecule has 8 nitrogen and oxygen atoms in total. The van der Waals surface area contributed by atoms with Crippen LogP contribution < -0.4 is 0 Å². The van der Waals surface area contributed by atoms with Crippen LogP contribution in [0.2, 0.25) is 0 Å². The van der Waals surface area contributed by atoms with Crippen molar-refractivity contribution in [2.75, 3.05) is 0 Å². The van der Waals surface area contributed by atoms with Crippen molar-refractivity contribution < 1.29 is 24.2 Å². The fraction of sp³-hybridized carbons (Fsp3) is 0.379. The van der Waals surface area contributed by atoms with Crippen LogP contribution in [0.1, 0.15) is 63.4 Å². The molecule has 1 unspecified atom stereocenters. The van der Waals surface area contributed by atoms with Crippen LogP contribution in [0.15, 0.2) is 54.7 Å². The van der Waals surface area contributed by atoms with Crippen LogP contribution >= 0.6 is 0 Å². The van der Waals surface area contributed by atoms with Gasteiger partial charge in [0.2, 0.25) is 0 Å². The van der Waals surface area contributed by atoms with E-state index in [9.17, 15) is 14.7 Å². The Bertz CT molecular complexity index is 1460. The number of aromatic nitrogens is 2. The topological polar surface area (TPSA) is 96.8 Å². The summed E-state index contributed by atoms with van der Waals surface area (Å²) in [6, 6.07) is 15.4. The Morgan fingerprint density at radius 2 is 1.78 bits per heavy atom. The molecule has 2 N–H and O–H groups in total. The van der Waals surface area contributed by atoms with Crippen molar-refractivity contribution >= 4 is 34.1 Å². The summed E-state index contributed by atoms with van der Waals surface area (Å²) in [5.41, 5.74) is 3.89. The van der Waals surface area contributed by atoms with Gasteiger partial charge in [0.1, 0.15) is 11.6 Å². The number of fused-ring (bicyclic) bond motifs is 4. The van der Waals surface area contributed by atoms with Gasteiger partial charge in [-0.3, -0.25) is 4.90 Å². The van der Waals surface area contributed by atoms with Gasteiger partial charge in [0.25, 0.3) is 0 Å². The summed E-state index contributed by atoms with van der Waals surface area (Å²) < 4.78 is 13.4. The SMILES string of the molecule is CCCCn1cc(C2c3[nH]c4ccccc4c3C[C@@H](OC(=O)O)N2C(=O)OC(C)(C)C)c2ccccc21. The lowest BCUT2D eigenvalue weighted by Gasteiger charge is -2.41. The molecule has 3 heterocycles. The molecule has 0 bridgehead atoms. The van der Waals surface area contributed by atoms with Gasteiger partial charge in [-0.1, -0.05) is 49.7 Å². The minimum Gasteiger partial charge on any atom is -0.450 e. The summed E-state index contributed by atoms with van der Waals surface area (Å²) in [6.07, 6.45) is 1.25. The van der Waals surface area contributed by atoms with E-state index < -0.39 is 30.1 Å². The highest BCUT2D eigenvalue weighted by molar-refractivity contribution is 5.89. The van der Waals surface area contributed by atoms with E-state index in [2.05, 4.69) is 28.7 Å². The van der Waals surface area contributed by atoms with Gasteiger partial charge in [-0.15, -0.1) is 0 Å². The molecule has 0 saturated carbocycles. The maximum atomic E-state index is 13.7. The number of H-pyrrole nitrogens is 1. The number of unbranched alkanes of at least 4 members (excludes halogenated alkanes) is 1. The number of hydrogen-bond acceptors (Lipinski definition) is 4. The Morgan fingerprint density at radius 1 is 1.08 bits per heavy atom. The van der Waals surface area contributed by atoms with E-state index in [4.69, 9.17) is 9.47 Å². The van der Waals surface area contributed by atoms with Crippen LogP contribution in [0.5, 0.6) is 0 Å². The first-order chi connectivity index (χ1) is 17.7. The van der Waals surface area contributed by atoms with Crippen LogP contribution in [-0.2, 0) is 22.4 Å². The molecule has 194 valence electrons. The standard InChI is InChI=1S/C29H33N3O5/c1-5-6-15-31-17-21(19-12-8-10-14-23(19)31)26-25-20(18-11-7-9-13-22(18)30-25)16-24(36-28(34)35)32(26)27(33)37-29(2,3)4/h7-14,17,24,26,30H,5-6,15-16H2,1-4H3,(H,34,35)/t24-,26?/m1/s1. The lowest BCUT2D eigenvalue weighted by atomic mass is 9.91. The summed E-state index contributed by atoms with van der Waals surface area (Å²) in [4.78, 5) is 30.5. The molecule has 1 aliphatic heterocycles. The number of aryl methyl sites for hydroxylation is 1. The van der Waals surface area contributed by atoms with E-state index in [1.54, 1.807) is 20.8 Å². The van der Waals surface area contributed by atoms with Crippen molar-refractivity contribution in [3.05, 3.63) is 71.5 Å². The van der Waals surface area contributed by atoms with Crippen molar-refractivity contribution in [2.45, 2.75) is 71.4 Å². The molecule has 1 amide bonds. The third kappa shape index (κ3) is 4.63. The van der Waals surface area contributed by atoms with Crippen LogP contribution in [-0.4, -0.2) is 43.6 Å². The molecule has 0 aliphatic carbocycles. The van der Waals surface area contributed by atoms with E-state index in [-0.39, 0.29) is 6.42 Å². The molecular formula is C29H33N3O5. The van der Waals surface area contributed by atoms with Crippen LogP contribution in [0.25, 0.3) is 21.8 Å². The van der Waals surface area contributed by atoms with Gasteiger partial charge in [-0.25, -0.2) is 9.59 Å². The normalized spacial score (nSPS) is 17.7. The predicted octanol–water partition coefficient (Wildman–Crippen LogP) is 6.83. The van der Waals surface area contributed by atoms with E-state index in [1.165, 1.54) is 4.90 Å². The highest BCUT2D eigenvalue weighted by Gasteiger charge is 2.45. The van der Waals surface area contributed by atoms with E-state index in [0.717, 1.165) is 58.0 Å². The first-order valence-electron chi connectivity index (χ1n) is 12.8. The van der Waals surface area contributed by atoms with E-state index in [1.807, 2.05) is 42.5 Å². The molecule has 5 rings (SSSR count). The summed E-state index contributed by atoms with van der Waals surface area (Å²) in [5, 5.41) is 11.6. The zero-order valence-corrected chi connectivity index (χ0v) is 21.7. The van der Waals surface area contributed by atoms with Crippen molar-refractivity contribution in [1.82, 2.24) is 14.5 Å². The Balaban J connectivity index is 1.77. The zero-order chi connectivity index (χ0) is 26.3. The molecule has 0 radical (unpaired) electrons. The predicted molar refractivity (Wildman–Crippen MR) is 142 cm³/mol. The highest BCUT2D eigenvalue weighted by atomic mass is 16.7. The first kappa shape index (κ1) is 24.7. The second-order valence-corrected chi connectivity index (χ2v) is 10.5. The number of nitrogens with one attached hydrogen (secondary N) is 1. The minimum absolute atomic E-state index is 0.218. The van der Waals surface area contributed by atoms with Crippen LogP contribution in [0.4, 0.5) is 9.59 Å². The summed E-state index contributed by atoms with van der Waals surface area (Å²) >= 11 is 0. The summed E-state index contributed by atoms with van der Waals surface area (Å²) in [7, 11) is 0. The van der Waals surface area contributed by atoms with Gasteiger partial charge in [0, 0.05) is 52.2 Å². The van der Waals surface area contributed by atoms with Crippen LogP contribution in [0, 0.1) is 0 Å². The van der Waals surface area contributed by atoms with Crippen LogP contribution in [0.3, 0.4) is 0 Å². The molecule has 2 aromatic carbocycles. The highest BCUT2D eigenvalue weighted by Crippen LogP contribution is 2.44. The van der Waals surface area contributed by atoms with E-state index in [0.29, 0.717) is 0 Å². The number of benzene rings is 2. The average Bonchev–Trinajstić information content (AvgIpc) is 3.39. The number of carbonyl (C=O) groups is 2. The second kappa shape index (κ2) is 9.50. The summed E-state index contributed by atoms with van der Waals surface area (Å²) in [5.74, 6) is 0. The molecule has 2 aromatic heterocycles. The number of aromatic amines is 1. The van der Waals surface area contributed by atoms with Gasteiger partial charge in [-0.05, 0) is 44.9 Å². The van der Waals surface area contributed by atoms with Crippen molar-refractivity contribution in [2.24, 2.45) is 0 Å². The average molecular weight is 504 g/mol. The number of para-hydroxylation sites is 2. The lowest BCUT2D eigenvalue weighted by molar-refractivity contribution is -0.0646. The number of amides is 1. The summed E-state index contributed by atoms with van der Waals surface area (Å²) in [6.45, 7) is 8.37. The first-order valence-corrected chi connectivity index (χ1v) is 12.8. The van der Waals surface area contributed by atoms with Gasteiger partial charge in [0.15, 0.2) is 6.23 Å². The smallest absolute Gasteiger partial charge is 0.450 e. The number of ether oxygens (including phenoxy) is 2. The lowest BCUT2D eigenvalue weighted by Crippen LogP contribution is -2.51. The molecule has 37 heavy (non-hydrogen) atoms. The fourth-order valence-corrected chi connectivity index (χ4v) is 5.32. The number of nitrogens with zero attached hydrogens (tertiary/aromatic N) is 2. The molecule has 0 spiro atoms. The van der Waals surface area contributed by atoms with Crippen molar-refractivity contribution in [3.8, 4) is 0 Å². The third-order valence-corrected chi connectivity index (χ3v) is 6.79. The van der Waals surface area contributed by atoms with Gasteiger partial charge in [-0.2, -0.15) is 0 Å². The Morgan fingerprint density at radius 3 is 2.49 bits per heavy atom. The molecule has 2 atom stereocenters. The van der Waals surface area contributed by atoms with Crippen molar-refractivity contribution in [1.29, 1.82) is 0 Å². The molecule has 4 aromatic rings. The second-order valence-electron chi connectivity index (χ2n) is 10.5. The zero-order valence-electron chi connectivity index (χ0n) is 21.7. The Hall–Kier alpha value is -3.94. The molecule has 8 heteroatoms. The monoisotopic (exact) mass is 503 g/mol. The number of rotatable bonds is 5. The molecule has 0 saturated heterocycles.